The van der Waals surface area contributed by atoms with Crippen molar-refractivity contribution in [3.63, 3.8) is 0 Å². The Morgan fingerprint density at radius 1 is 0.481 bits per heavy atom. The zero-order valence-electron chi connectivity index (χ0n) is 19.5. The van der Waals surface area contributed by atoms with E-state index in [1.165, 1.54) is 109 Å². The van der Waals surface area contributed by atoms with Gasteiger partial charge >= 0.3 is 0 Å². The van der Waals surface area contributed by atoms with Crippen molar-refractivity contribution in [2.45, 2.75) is 137 Å². The molecule has 0 aromatic rings. The Kier molecular flexibility index (Phi) is 21.4. The fraction of sp³-hybridized carbons (Fsp3) is 0.852. The van der Waals surface area contributed by atoms with Crippen molar-refractivity contribution < 1.29 is 0 Å². The van der Waals surface area contributed by atoms with E-state index in [-0.39, 0.29) is 0 Å². The van der Waals surface area contributed by atoms with Gasteiger partial charge in [-0.1, -0.05) is 123 Å². The summed E-state index contributed by atoms with van der Waals surface area (Å²) in [5.74, 6) is 1.71. The van der Waals surface area contributed by atoms with Crippen LogP contribution in [0.4, 0.5) is 0 Å². The first-order valence-electron chi connectivity index (χ1n) is 12.5. The average Bonchev–Trinajstić information content (AvgIpc) is 2.66. The van der Waals surface area contributed by atoms with E-state index in [4.69, 9.17) is 0 Å². The van der Waals surface area contributed by atoms with Crippen LogP contribution in [-0.4, -0.2) is 0 Å². The molecule has 0 aliphatic rings. The summed E-state index contributed by atoms with van der Waals surface area (Å²) in [6.45, 7) is 9.42. The van der Waals surface area contributed by atoms with Crippen LogP contribution >= 0.6 is 0 Å². The highest BCUT2D eigenvalue weighted by molar-refractivity contribution is 4.84. The third-order valence-corrected chi connectivity index (χ3v) is 5.75. The van der Waals surface area contributed by atoms with E-state index in [0.717, 1.165) is 11.8 Å². The van der Waals surface area contributed by atoms with Crippen LogP contribution in [0.3, 0.4) is 0 Å². The number of allylic oxidation sites excluding steroid dienone is 4. The SMILES string of the molecule is CCCCCCCC=CCC(C)CCCC(C)CC=CCCCCCCC. The Morgan fingerprint density at radius 2 is 0.889 bits per heavy atom. The Hall–Kier alpha value is -0.520. The zero-order chi connectivity index (χ0) is 20.0. The molecule has 27 heavy (non-hydrogen) atoms. The zero-order valence-corrected chi connectivity index (χ0v) is 19.5. The Bertz CT molecular complexity index is 293. The molecule has 0 nitrogen and oxygen atoms in total. The molecule has 2 unspecified atom stereocenters. The van der Waals surface area contributed by atoms with Crippen LogP contribution in [0.25, 0.3) is 0 Å². The molecule has 0 N–H and O–H groups in total. The first kappa shape index (κ1) is 26.5. The van der Waals surface area contributed by atoms with Crippen LogP contribution < -0.4 is 0 Å². The summed E-state index contributed by atoms with van der Waals surface area (Å²) in [6, 6.07) is 0. The molecule has 2 atom stereocenters. The molecule has 0 aliphatic heterocycles. The van der Waals surface area contributed by atoms with Gasteiger partial charge in [-0.25, -0.2) is 0 Å². The number of hydrogen-bond donors (Lipinski definition) is 0. The van der Waals surface area contributed by atoms with E-state index in [2.05, 4.69) is 52.0 Å². The van der Waals surface area contributed by atoms with Crippen molar-refractivity contribution in [1.82, 2.24) is 0 Å². The third-order valence-electron chi connectivity index (χ3n) is 5.75. The largest absolute Gasteiger partial charge is 0.0885 e. The summed E-state index contributed by atoms with van der Waals surface area (Å²) in [7, 11) is 0. The average molecular weight is 377 g/mol. The fourth-order valence-corrected chi connectivity index (χ4v) is 3.67. The molecule has 0 heterocycles. The molecular formula is C27H52. The molecule has 0 rings (SSSR count). The van der Waals surface area contributed by atoms with Gasteiger partial charge in [0.25, 0.3) is 0 Å². The van der Waals surface area contributed by atoms with E-state index in [9.17, 15) is 0 Å². The van der Waals surface area contributed by atoms with E-state index in [0.29, 0.717) is 0 Å². The van der Waals surface area contributed by atoms with E-state index < -0.39 is 0 Å². The lowest BCUT2D eigenvalue weighted by atomic mass is 9.94. The van der Waals surface area contributed by atoms with Crippen molar-refractivity contribution in [3.05, 3.63) is 24.3 Å². The minimum Gasteiger partial charge on any atom is -0.0885 e. The minimum absolute atomic E-state index is 0.854. The van der Waals surface area contributed by atoms with Crippen LogP contribution in [0.1, 0.15) is 137 Å². The van der Waals surface area contributed by atoms with E-state index in [1.54, 1.807) is 0 Å². The van der Waals surface area contributed by atoms with Gasteiger partial charge in [-0.2, -0.15) is 0 Å². The Balaban J connectivity index is 3.47. The highest BCUT2D eigenvalue weighted by Gasteiger charge is 2.03. The van der Waals surface area contributed by atoms with Crippen molar-refractivity contribution in [3.8, 4) is 0 Å². The molecule has 0 spiro atoms. The molecule has 0 amide bonds. The van der Waals surface area contributed by atoms with Crippen LogP contribution in [0, 0.1) is 11.8 Å². The Morgan fingerprint density at radius 3 is 1.30 bits per heavy atom. The summed E-state index contributed by atoms with van der Waals surface area (Å²) in [6.07, 6.45) is 33.0. The van der Waals surface area contributed by atoms with E-state index in [1.807, 2.05) is 0 Å². The number of unbranched alkanes of at least 4 members (excludes halogenated alkanes) is 10. The molecule has 0 radical (unpaired) electrons. The lowest BCUT2D eigenvalue weighted by molar-refractivity contribution is 0.445. The first-order valence-corrected chi connectivity index (χ1v) is 12.5. The predicted molar refractivity (Wildman–Crippen MR) is 126 cm³/mol. The summed E-state index contributed by atoms with van der Waals surface area (Å²) in [5.41, 5.74) is 0. The Labute approximate surface area is 173 Å². The van der Waals surface area contributed by atoms with Crippen molar-refractivity contribution in [1.29, 1.82) is 0 Å². The van der Waals surface area contributed by atoms with Gasteiger partial charge in [0.15, 0.2) is 0 Å². The first-order chi connectivity index (χ1) is 13.2. The molecule has 0 aromatic carbocycles. The van der Waals surface area contributed by atoms with Gasteiger partial charge in [-0.15, -0.1) is 0 Å². The standard InChI is InChI=1S/C27H52/c1-5-7-9-11-13-15-17-19-22-26(3)24-21-25-27(4)23-20-18-16-14-12-10-8-6-2/h17-20,26-27H,5-16,21-25H2,1-4H3. The minimum atomic E-state index is 0.854. The highest BCUT2D eigenvalue weighted by atomic mass is 14.1. The number of rotatable bonds is 20. The second-order valence-electron chi connectivity index (χ2n) is 8.96. The number of hydrogen-bond acceptors (Lipinski definition) is 0. The molecule has 0 saturated carbocycles. The topological polar surface area (TPSA) is 0 Å². The van der Waals surface area contributed by atoms with E-state index >= 15 is 0 Å². The normalized spacial score (nSPS) is 14.4. The molecule has 0 heteroatoms. The highest BCUT2D eigenvalue weighted by Crippen LogP contribution is 2.18. The van der Waals surface area contributed by atoms with Gasteiger partial charge in [0.05, 0.1) is 0 Å². The van der Waals surface area contributed by atoms with Gasteiger partial charge < -0.3 is 0 Å². The van der Waals surface area contributed by atoms with Crippen LogP contribution in [0.5, 0.6) is 0 Å². The fourth-order valence-electron chi connectivity index (χ4n) is 3.67. The third kappa shape index (κ3) is 21.6. The van der Waals surface area contributed by atoms with Crippen molar-refractivity contribution in [2.24, 2.45) is 11.8 Å². The smallest absolute Gasteiger partial charge is 0.0325 e. The van der Waals surface area contributed by atoms with Gasteiger partial charge in [0.2, 0.25) is 0 Å². The summed E-state index contributed by atoms with van der Waals surface area (Å²) in [4.78, 5) is 0. The van der Waals surface area contributed by atoms with Crippen molar-refractivity contribution in [2.75, 3.05) is 0 Å². The molecular weight excluding hydrogens is 324 g/mol. The van der Waals surface area contributed by atoms with Gasteiger partial charge in [-0.05, 0) is 50.4 Å². The molecule has 0 fully saturated rings. The molecule has 0 aromatic heterocycles. The maximum Gasteiger partial charge on any atom is -0.0325 e. The van der Waals surface area contributed by atoms with Crippen molar-refractivity contribution >= 4 is 0 Å². The molecule has 0 bridgehead atoms. The monoisotopic (exact) mass is 376 g/mol. The second kappa shape index (κ2) is 21.8. The molecule has 0 aliphatic carbocycles. The van der Waals surface area contributed by atoms with Gasteiger partial charge in [-0.3, -0.25) is 0 Å². The second-order valence-corrected chi connectivity index (χ2v) is 8.96. The van der Waals surface area contributed by atoms with Crippen LogP contribution in [-0.2, 0) is 0 Å². The lowest BCUT2D eigenvalue weighted by Gasteiger charge is -2.12. The summed E-state index contributed by atoms with van der Waals surface area (Å²) in [5, 5.41) is 0. The quantitative estimate of drug-likeness (QED) is 0.146. The van der Waals surface area contributed by atoms with Gasteiger partial charge in [0.1, 0.15) is 0 Å². The maximum atomic E-state index is 2.44. The maximum absolute atomic E-state index is 2.44. The predicted octanol–water partition coefficient (Wildman–Crippen LogP) is 10.0. The van der Waals surface area contributed by atoms with Crippen LogP contribution in [0.15, 0.2) is 24.3 Å². The summed E-state index contributed by atoms with van der Waals surface area (Å²) >= 11 is 0. The lowest BCUT2D eigenvalue weighted by Crippen LogP contribution is -1.97. The van der Waals surface area contributed by atoms with Gasteiger partial charge in [0, 0.05) is 0 Å². The molecule has 160 valence electrons. The van der Waals surface area contributed by atoms with Crippen LogP contribution in [0.2, 0.25) is 0 Å². The molecule has 0 saturated heterocycles. The summed E-state index contributed by atoms with van der Waals surface area (Å²) < 4.78 is 0.